The zero-order valence-corrected chi connectivity index (χ0v) is 17.5. The first kappa shape index (κ1) is 23.1. The van der Waals surface area contributed by atoms with Gasteiger partial charge in [-0.15, -0.1) is 10.1 Å². The molecule has 0 unspecified atom stereocenters. The summed E-state index contributed by atoms with van der Waals surface area (Å²) in [5.74, 6) is 0.0889. The molecule has 1 amide bonds. The number of para-hydroxylation sites is 1. The van der Waals surface area contributed by atoms with Crippen molar-refractivity contribution in [3.8, 4) is 0 Å². The van der Waals surface area contributed by atoms with Crippen molar-refractivity contribution in [2.45, 2.75) is 39.0 Å². The smallest absolute Gasteiger partial charge is 0.294 e. The maximum Gasteiger partial charge on any atom is 0.294 e. The number of rotatable bonds is 13. The monoisotopic (exact) mass is 406 g/mol. The molecule has 1 aromatic rings. The highest BCUT2D eigenvalue weighted by Gasteiger charge is 2.17. The molecule has 8 nitrogen and oxygen atoms in total. The van der Waals surface area contributed by atoms with E-state index in [9.17, 15) is 14.9 Å². The van der Waals surface area contributed by atoms with Gasteiger partial charge in [-0.3, -0.25) is 4.79 Å². The first-order valence-corrected chi connectivity index (χ1v) is 10.6. The number of anilines is 1. The molecule has 0 saturated carbocycles. The molecule has 0 radical (unpaired) electrons. The van der Waals surface area contributed by atoms with Gasteiger partial charge in [0.2, 0.25) is 5.91 Å². The lowest BCUT2D eigenvalue weighted by atomic mass is 10.2. The van der Waals surface area contributed by atoms with Crippen molar-refractivity contribution in [1.29, 1.82) is 0 Å². The van der Waals surface area contributed by atoms with Gasteiger partial charge in [-0.25, -0.2) is 0 Å². The highest BCUT2D eigenvalue weighted by atomic mass is 16.9. The van der Waals surface area contributed by atoms with E-state index in [4.69, 9.17) is 0 Å². The molecule has 1 aromatic carbocycles. The van der Waals surface area contributed by atoms with Crippen LogP contribution in [0.3, 0.4) is 0 Å². The minimum absolute atomic E-state index is 0.0889. The van der Waals surface area contributed by atoms with Gasteiger partial charge in [0.05, 0.1) is 6.61 Å². The SMILES string of the molecule is CC(=O)N(CCCN1CCN(CCCCCCO[N+](=O)[O-])CC1)c1ccccc1. The Kier molecular flexibility index (Phi) is 10.4. The zero-order chi connectivity index (χ0) is 20.9. The molecule has 1 fully saturated rings. The quantitative estimate of drug-likeness (QED) is 0.285. The van der Waals surface area contributed by atoms with Gasteiger partial charge in [0, 0.05) is 45.3 Å². The van der Waals surface area contributed by atoms with Crippen molar-refractivity contribution in [2.75, 3.05) is 57.3 Å². The Balaban J connectivity index is 1.54. The molecule has 29 heavy (non-hydrogen) atoms. The van der Waals surface area contributed by atoms with E-state index in [2.05, 4.69) is 14.6 Å². The number of piperazine rings is 1. The van der Waals surface area contributed by atoms with Gasteiger partial charge in [0.25, 0.3) is 5.09 Å². The molecule has 0 aromatic heterocycles. The van der Waals surface area contributed by atoms with Crippen molar-refractivity contribution in [1.82, 2.24) is 9.80 Å². The first-order valence-electron chi connectivity index (χ1n) is 10.6. The van der Waals surface area contributed by atoms with Gasteiger partial charge in [0.15, 0.2) is 0 Å². The Bertz CT molecular complexity index is 606. The predicted octanol–water partition coefficient (Wildman–Crippen LogP) is 2.82. The van der Waals surface area contributed by atoms with Crippen LogP contribution in [0.4, 0.5) is 5.69 Å². The molecule has 1 heterocycles. The van der Waals surface area contributed by atoms with Crippen LogP contribution in [-0.4, -0.2) is 73.2 Å². The van der Waals surface area contributed by atoms with Crippen LogP contribution in [0.25, 0.3) is 0 Å². The van der Waals surface area contributed by atoms with E-state index in [0.29, 0.717) is 0 Å². The second kappa shape index (κ2) is 13.1. The zero-order valence-electron chi connectivity index (χ0n) is 17.5. The van der Waals surface area contributed by atoms with Gasteiger partial charge >= 0.3 is 0 Å². The maximum atomic E-state index is 12.0. The summed E-state index contributed by atoms with van der Waals surface area (Å²) < 4.78 is 0. The first-order chi connectivity index (χ1) is 14.1. The Morgan fingerprint density at radius 1 is 1.00 bits per heavy atom. The lowest BCUT2D eigenvalue weighted by Crippen LogP contribution is -2.47. The number of unbranched alkanes of at least 4 members (excludes halogenated alkanes) is 3. The molecule has 162 valence electrons. The molecule has 0 spiro atoms. The van der Waals surface area contributed by atoms with Gasteiger partial charge < -0.3 is 19.5 Å². The Morgan fingerprint density at radius 3 is 2.17 bits per heavy atom. The fourth-order valence-corrected chi connectivity index (χ4v) is 3.70. The van der Waals surface area contributed by atoms with Crippen LogP contribution in [0.2, 0.25) is 0 Å². The Morgan fingerprint density at radius 2 is 1.59 bits per heavy atom. The van der Waals surface area contributed by atoms with E-state index < -0.39 is 5.09 Å². The van der Waals surface area contributed by atoms with E-state index >= 15 is 0 Å². The molecule has 0 aliphatic carbocycles. The second-order valence-corrected chi connectivity index (χ2v) is 7.51. The van der Waals surface area contributed by atoms with E-state index in [-0.39, 0.29) is 12.5 Å². The van der Waals surface area contributed by atoms with Crippen molar-refractivity contribution in [3.63, 3.8) is 0 Å². The normalized spacial score (nSPS) is 15.2. The van der Waals surface area contributed by atoms with Crippen LogP contribution < -0.4 is 4.90 Å². The summed E-state index contributed by atoms with van der Waals surface area (Å²) in [5, 5.41) is 9.35. The summed E-state index contributed by atoms with van der Waals surface area (Å²) in [7, 11) is 0. The number of nitrogens with zero attached hydrogens (tertiary/aromatic N) is 4. The van der Waals surface area contributed by atoms with Crippen molar-refractivity contribution in [2.24, 2.45) is 0 Å². The number of carbonyl (C=O) groups is 1. The maximum absolute atomic E-state index is 12.0. The fraction of sp³-hybridized carbons (Fsp3) is 0.667. The third-order valence-corrected chi connectivity index (χ3v) is 5.33. The lowest BCUT2D eigenvalue weighted by molar-refractivity contribution is -0.757. The van der Waals surface area contributed by atoms with Gasteiger partial charge in [-0.2, -0.15) is 0 Å². The number of benzene rings is 1. The summed E-state index contributed by atoms with van der Waals surface area (Å²) in [6.07, 6.45) is 4.91. The average Bonchev–Trinajstić information content (AvgIpc) is 2.71. The minimum atomic E-state index is -0.723. The lowest BCUT2D eigenvalue weighted by Gasteiger charge is -2.35. The summed E-state index contributed by atoms with van der Waals surface area (Å²) in [6.45, 7) is 9.00. The number of amides is 1. The Hall–Kier alpha value is -2.19. The van der Waals surface area contributed by atoms with Gasteiger partial charge in [0.1, 0.15) is 0 Å². The van der Waals surface area contributed by atoms with Crippen LogP contribution in [-0.2, 0) is 9.63 Å². The average molecular weight is 407 g/mol. The summed E-state index contributed by atoms with van der Waals surface area (Å²) in [6, 6.07) is 9.85. The minimum Gasteiger partial charge on any atom is -0.314 e. The van der Waals surface area contributed by atoms with Crippen LogP contribution in [0.1, 0.15) is 39.0 Å². The van der Waals surface area contributed by atoms with E-state index in [1.165, 1.54) is 0 Å². The molecular formula is C21H34N4O4. The fourth-order valence-electron chi connectivity index (χ4n) is 3.70. The Labute approximate surface area is 173 Å². The van der Waals surface area contributed by atoms with Gasteiger partial charge in [-0.1, -0.05) is 31.0 Å². The number of carbonyl (C=O) groups excluding carboxylic acids is 1. The summed E-state index contributed by atoms with van der Waals surface area (Å²) >= 11 is 0. The molecule has 0 atom stereocenters. The molecule has 8 heteroatoms. The van der Waals surface area contributed by atoms with Crippen molar-refractivity contribution < 1.29 is 14.7 Å². The number of hydrogen-bond donors (Lipinski definition) is 0. The van der Waals surface area contributed by atoms with Crippen LogP contribution in [0.15, 0.2) is 30.3 Å². The predicted molar refractivity (Wildman–Crippen MR) is 113 cm³/mol. The van der Waals surface area contributed by atoms with Gasteiger partial charge in [-0.05, 0) is 44.5 Å². The highest BCUT2D eigenvalue weighted by Crippen LogP contribution is 2.14. The van der Waals surface area contributed by atoms with Crippen LogP contribution in [0, 0.1) is 10.1 Å². The molecule has 2 rings (SSSR count). The molecule has 1 aliphatic heterocycles. The molecule has 0 N–H and O–H groups in total. The van der Waals surface area contributed by atoms with E-state index in [1.54, 1.807) is 6.92 Å². The highest BCUT2D eigenvalue weighted by molar-refractivity contribution is 5.91. The van der Waals surface area contributed by atoms with E-state index in [0.717, 1.165) is 83.6 Å². The molecule has 1 saturated heterocycles. The topological polar surface area (TPSA) is 79.2 Å². The third-order valence-electron chi connectivity index (χ3n) is 5.33. The second-order valence-electron chi connectivity index (χ2n) is 7.51. The van der Waals surface area contributed by atoms with Crippen LogP contribution >= 0.6 is 0 Å². The van der Waals surface area contributed by atoms with Crippen molar-refractivity contribution in [3.05, 3.63) is 40.4 Å². The summed E-state index contributed by atoms with van der Waals surface area (Å²) in [4.78, 5) is 33.2. The van der Waals surface area contributed by atoms with Crippen LogP contribution in [0.5, 0.6) is 0 Å². The third kappa shape index (κ3) is 9.23. The largest absolute Gasteiger partial charge is 0.314 e. The van der Waals surface area contributed by atoms with Crippen molar-refractivity contribution >= 4 is 11.6 Å². The molecule has 1 aliphatic rings. The number of hydrogen-bond acceptors (Lipinski definition) is 6. The molecular weight excluding hydrogens is 372 g/mol. The molecule has 0 bridgehead atoms. The standard InChI is InChI=1S/C21H34N4O4/c1-20(26)24(21-10-5-4-6-11-21)14-9-13-23-17-15-22(16-18-23)12-7-2-3-8-19-29-25(27)28/h4-6,10-11H,2-3,7-9,12-19H2,1H3. The van der Waals surface area contributed by atoms with E-state index in [1.807, 2.05) is 35.2 Å². The summed E-state index contributed by atoms with van der Waals surface area (Å²) in [5.41, 5.74) is 0.967.